The van der Waals surface area contributed by atoms with Crippen LogP contribution in [0.25, 0.3) is 0 Å². The van der Waals surface area contributed by atoms with Gasteiger partial charge in [-0.25, -0.2) is 0 Å². The molecule has 19 heavy (non-hydrogen) atoms. The number of carboxylic acids is 1. The van der Waals surface area contributed by atoms with Crippen molar-refractivity contribution in [1.29, 1.82) is 0 Å². The van der Waals surface area contributed by atoms with Crippen LogP contribution in [0, 0.1) is 13.8 Å². The molecule has 0 aliphatic heterocycles. The average molecular weight is 279 g/mol. The number of hydrogen-bond acceptors (Lipinski definition) is 4. The van der Waals surface area contributed by atoms with Crippen LogP contribution in [-0.4, -0.2) is 26.8 Å². The molecule has 0 radical (unpaired) electrons. The molecule has 7 heteroatoms. The van der Waals surface area contributed by atoms with E-state index in [9.17, 15) is 9.59 Å². The van der Waals surface area contributed by atoms with Crippen molar-refractivity contribution in [2.75, 3.05) is 5.32 Å². The first kappa shape index (κ1) is 13.3. The van der Waals surface area contributed by atoms with E-state index >= 15 is 0 Å². The van der Waals surface area contributed by atoms with Gasteiger partial charge in [0.2, 0.25) is 0 Å². The molecule has 0 aliphatic carbocycles. The van der Waals surface area contributed by atoms with Gasteiger partial charge in [-0.2, -0.15) is 5.10 Å². The quantitative estimate of drug-likeness (QED) is 0.895. The molecule has 2 N–H and O–H groups in total. The van der Waals surface area contributed by atoms with E-state index in [-0.39, 0.29) is 12.5 Å². The Kier molecular flexibility index (Phi) is 3.66. The molecule has 100 valence electrons. The van der Waals surface area contributed by atoms with Gasteiger partial charge in [0.25, 0.3) is 5.91 Å². The highest BCUT2D eigenvalue weighted by Gasteiger charge is 2.13. The lowest BCUT2D eigenvalue weighted by Crippen LogP contribution is -2.12. The molecular formula is C12H13N3O3S. The van der Waals surface area contributed by atoms with Crippen LogP contribution in [0.15, 0.2) is 17.8 Å². The van der Waals surface area contributed by atoms with Crippen LogP contribution in [-0.2, 0) is 11.3 Å². The number of thiophene rings is 1. The molecule has 2 aromatic heterocycles. The fourth-order valence-corrected chi connectivity index (χ4v) is 2.45. The minimum absolute atomic E-state index is 0.211. The molecule has 0 atom stereocenters. The van der Waals surface area contributed by atoms with Crippen molar-refractivity contribution in [3.8, 4) is 0 Å². The van der Waals surface area contributed by atoms with Crippen molar-refractivity contribution in [2.45, 2.75) is 20.4 Å². The van der Waals surface area contributed by atoms with Crippen LogP contribution in [0.4, 0.5) is 5.69 Å². The third-order valence-electron chi connectivity index (χ3n) is 2.72. The van der Waals surface area contributed by atoms with Crippen LogP contribution in [0.3, 0.4) is 0 Å². The summed E-state index contributed by atoms with van der Waals surface area (Å²) < 4.78 is 1.25. The Balaban J connectivity index is 2.09. The molecule has 0 aliphatic rings. The average Bonchev–Trinajstić information content (AvgIpc) is 2.87. The van der Waals surface area contributed by atoms with Gasteiger partial charge < -0.3 is 10.4 Å². The lowest BCUT2D eigenvalue weighted by atomic mass is 10.1. The SMILES string of the molecule is Cc1scc(C(=O)Nc2cnn(CC(=O)O)c2)c1C. The molecule has 1 amide bonds. The van der Waals surface area contributed by atoms with E-state index < -0.39 is 5.97 Å². The topological polar surface area (TPSA) is 84.2 Å². The van der Waals surface area contributed by atoms with Gasteiger partial charge in [0, 0.05) is 16.5 Å². The van der Waals surface area contributed by atoms with Gasteiger partial charge >= 0.3 is 5.97 Å². The van der Waals surface area contributed by atoms with E-state index in [0.29, 0.717) is 11.3 Å². The van der Waals surface area contributed by atoms with Gasteiger partial charge in [-0.3, -0.25) is 14.3 Å². The number of nitrogens with zero attached hydrogens (tertiary/aromatic N) is 2. The molecule has 2 aromatic rings. The highest BCUT2D eigenvalue weighted by Crippen LogP contribution is 2.21. The molecule has 0 saturated heterocycles. The summed E-state index contributed by atoms with van der Waals surface area (Å²) in [6.45, 7) is 3.63. The summed E-state index contributed by atoms with van der Waals surface area (Å²) in [5.74, 6) is -1.19. The second-order valence-corrected chi connectivity index (χ2v) is 5.19. The second-order valence-electron chi connectivity index (χ2n) is 4.11. The Morgan fingerprint density at radius 1 is 1.47 bits per heavy atom. The van der Waals surface area contributed by atoms with Crippen molar-refractivity contribution < 1.29 is 14.7 Å². The molecular weight excluding hydrogens is 266 g/mol. The first-order chi connectivity index (χ1) is 8.97. The van der Waals surface area contributed by atoms with E-state index in [2.05, 4.69) is 10.4 Å². The van der Waals surface area contributed by atoms with Crippen LogP contribution in [0.2, 0.25) is 0 Å². The van der Waals surface area contributed by atoms with Crippen molar-refractivity contribution >= 4 is 28.9 Å². The van der Waals surface area contributed by atoms with E-state index in [0.717, 1.165) is 10.4 Å². The lowest BCUT2D eigenvalue weighted by molar-refractivity contribution is -0.137. The molecule has 0 fully saturated rings. The number of aliphatic carboxylic acids is 1. The molecule has 0 spiro atoms. The normalized spacial score (nSPS) is 10.4. The second kappa shape index (κ2) is 5.23. The monoisotopic (exact) mass is 279 g/mol. The van der Waals surface area contributed by atoms with Crippen molar-refractivity contribution in [1.82, 2.24) is 9.78 Å². The number of hydrogen-bond donors (Lipinski definition) is 2. The Morgan fingerprint density at radius 2 is 2.21 bits per heavy atom. The van der Waals surface area contributed by atoms with Gasteiger partial charge in [-0.05, 0) is 19.4 Å². The summed E-state index contributed by atoms with van der Waals surface area (Å²) in [6.07, 6.45) is 2.91. The number of carboxylic acid groups (broad SMARTS) is 1. The maximum atomic E-state index is 12.0. The van der Waals surface area contributed by atoms with Crippen LogP contribution in [0.5, 0.6) is 0 Å². The fourth-order valence-electron chi connectivity index (χ4n) is 1.59. The molecule has 6 nitrogen and oxygen atoms in total. The van der Waals surface area contributed by atoms with Crippen molar-refractivity contribution in [2.24, 2.45) is 0 Å². The fraction of sp³-hybridized carbons (Fsp3) is 0.250. The zero-order chi connectivity index (χ0) is 14.0. The van der Waals surface area contributed by atoms with Gasteiger partial charge in [-0.15, -0.1) is 11.3 Å². The van der Waals surface area contributed by atoms with Gasteiger partial charge in [0.1, 0.15) is 6.54 Å². The number of amides is 1. The number of nitrogens with one attached hydrogen (secondary N) is 1. The van der Waals surface area contributed by atoms with Crippen LogP contribution in [0.1, 0.15) is 20.8 Å². The molecule has 0 unspecified atom stereocenters. The smallest absolute Gasteiger partial charge is 0.325 e. The summed E-state index contributed by atoms with van der Waals surface area (Å²) in [6, 6.07) is 0. The Morgan fingerprint density at radius 3 is 2.79 bits per heavy atom. The predicted molar refractivity (Wildman–Crippen MR) is 71.6 cm³/mol. The van der Waals surface area contributed by atoms with Crippen molar-refractivity contribution in [3.05, 3.63) is 33.8 Å². The number of aromatic nitrogens is 2. The molecule has 0 saturated carbocycles. The van der Waals surface area contributed by atoms with Gasteiger partial charge in [0.05, 0.1) is 17.4 Å². The molecule has 0 aromatic carbocycles. The zero-order valence-corrected chi connectivity index (χ0v) is 11.3. The summed E-state index contributed by atoms with van der Waals surface area (Å²) in [4.78, 5) is 23.6. The van der Waals surface area contributed by atoms with E-state index in [1.165, 1.54) is 28.4 Å². The van der Waals surface area contributed by atoms with E-state index in [4.69, 9.17) is 5.11 Å². The van der Waals surface area contributed by atoms with Gasteiger partial charge in [0.15, 0.2) is 0 Å². The number of rotatable bonds is 4. The lowest BCUT2D eigenvalue weighted by Gasteiger charge is -2.01. The highest BCUT2D eigenvalue weighted by atomic mass is 32.1. The minimum atomic E-state index is -0.981. The van der Waals surface area contributed by atoms with E-state index in [1.54, 1.807) is 0 Å². The summed E-state index contributed by atoms with van der Waals surface area (Å²) in [5, 5.41) is 17.0. The summed E-state index contributed by atoms with van der Waals surface area (Å²) in [7, 11) is 0. The van der Waals surface area contributed by atoms with Crippen LogP contribution < -0.4 is 5.32 Å². The first-order valence-corrected chi connectivity index (χ1v) is 6.45. The minimum Gasteiger partial charge on any atom is -0.480 e. The first-order valence-electron chi connectivity index (χ1n) is 5.57. The maximum Gasteiger partial charge on any atom is 0.325 e. The molecule has 0 bridgehead atoms. The van der Waals surface area contributed by atoms with Gasteiger partial charge in [-0.1, -0.05) is 0 Å². The highest BCUT2D eigenvalue weighted by molar-refractivity contribution is 7.10. The molecule has 2 rings (SSSR count). The standard InChI is InChI=1S/C12H13N3O3S/c1-7-8(2)19-6-10(7)12(18)14-9-3-13-15(4-9)5-11(16)17/h3-4,6H,5H2,1-2H3,(H,14,18)(H,16,17). The zero-order valence-electron chi connectivity index (χ0n) is 10.5. The maximum absolute atomic E-state index is 12.0. The number of carbonyl (C=O) groups is 2. The Labute approximate surface area is 113 Å². The predicted octanol–water partition coefficient (Wildman–Crippen LogP) is 1.90. The third-order valence-corrected chi connectivity index (χ3v) is 3.73. The summed E-state index contributed by atoms with van der Waals surface area (Å²) >= 11 is 1.52. The Bertz CT molecular complexity index is 630. The number of anilines is 1. The summed E-state index contributed by atoms with van der Waals surface area (Å²) in [5.41, 5.74) is 2.07. The Hall–Kier alpha value is -2.15. The molecule has 2 heterocycles. The van der Waals surface area contributed by atoms with Crippen LogP contribution >= 0.6 is 11.3 Å². The third kappa shape index (κ3) is 3.00. The number of aryl methyl sites for hydroxylation is 1. The largest absolute Gasteiger partial charge is 0.480 e. The van der Waals surface area contributed by atoms with E-state index in [1.807, 2.05) is 19.2 Å². The number of carbonyl (C=O) groups excluding carboxylic acids is 1. The van der Waals surface area contributed by atoms with Crippen molar-refractivity contribution in [3.63, 3.8) is 0 Å².